The molecule has 1 amide bonds. The third kappa shape index (κ3) is 3.97. The number of amides is 1. The summed E-state index contributed by atoms with van der Waals surface area (Å²) in [5, 5.41) is 11.0. The molecule has 0 saturated carbocycles. The molecule has 0 spiro atoms. The fourth-order valence-corrected chi connectivity index (χ4v) is 3.35. The van der Waals surface area contributed by atoms with E-state index in [1.807, 2.05) is 0 Å². The van der Waals surface area contributed by atoms with Crippen LogP contribution in [0.4, 0.5) is 4.39 Å². The van der Waals surface area contributed by atoms with Crippen molar-refractivity contribution >= 4 is 5.91 Å². The average molecular weight is 412 g/mol. The molecular weight excluding hydrogens is 391 g/mol. The Kier molecular flexibility index (Phi) is 5.62. The Morgan fingerprint density at radius 3 is 2.77 bits per heavy atom. The first kappa shape index (κ1) is 19.8. The van der Waals surface area contributed by atoms with Gasteiger partial charge in [0, 0.05) is 12.1 Å². The number of fused-ring (bicyclic) bond motifs is 1. The Morgan fingerprint density at radius 2 is 2.03 bits per heavy atom. The van der Waals surface area contributed by atoms with Crippen LogP contribution in [0.1, 0.15) is 33.4 Å². The van der Waals surface area contributed by atoms with Crippen LogP contribution in [0, 0.1) is 5.82 Å². The smallest absolute Gasteiger partial charge is 0.274 e. The largest absolute Gasteiger partial charge is 0.497 e. The van der Waals surface area contributed by atoms with Crippen LogP contribution in [0.3, 0.4) is 0 Å². The quantitative estimate of drug-likeness (QED) is 0.670. The van der Waals surface area contributed by atoms with Crippen molar-refractivity contribution in [1.82, 2.24) is 20.3 Å². The van der Waals surface area contributed by atoms with Gasteiger partial charge in [-0.3, -0.25) is 4.79 Å². The molecule has 1 atom stereocenters. The number of methoxy groups -OCH3 is 2. The summed E-state index contributed by atoms with van der Waals surface area (Å²) in [6, 6.07) is 11.5. The van der Waals surface area contributed by atoms with E-state index >= 15 is 0 Å². The number of carbonyl (C=O) groups excluding carboxylic acids is 1. The molecule has 9 heteroatoms. The predicted molar refractivity (Wildman–Crippen MR) is 105 cm³/mol. The first-order valence-corrected chi connectivity index (χ1v) is 9.37. The van der Waals surface area contributed by atoms with Crippen molar-refractivity contribution in [1.29, 1.82) is 0 Å². The van der Waals surface area contributed by atoms with Crippen LogP contribution in [0.2, 0.25) is 0 Å². The van der Waals surface area contributed by atoms with Crippen molar-refractivity contribution in [3.05, 3.63) is 70.8 Å². The summed E-state index contributed by atoms with van der Waals surface area (Å²) in [6.45, 7) is 0.815. The Morgan fingerprint density at radius 1 is 1.23 bits per heavy atom. The van der Waals surface area contributed by atoms with Crippen LogP contribution in [0.25, 0.3) is 0 Å². The number of hydrogen-bond donors (Lipinski definition) is 1. The maximum absolute atomic E-state index is 13.1. The number of halogens is 1. The van der Waals surface area contributed by atoms with Gasteiger partial charge >= 0.3 is 0 Å². The first-order valence-electron chi connectivity index (χ1n) is 9.37. The van der Waals surface area contributed by atoms with Crippen LogP contribution in [-0.4, -0.2) is 35.1 Å². The summed E-state index contributed by atoms with van der Waals surface area (Å²) in [5.41, 5.74) is 2.44. The average Bonchev–Trinajstić information content (AvgIpc) is 3.21. The van der Waals surface area contributed by atoms with Crippen LogP contribution in [0.15, 0.2) is 42.5 Å². The van der Waals surface area contributed by atoms with Gasteiger partial charge in [0.2, 0.25) is 0 Å². The van der Waals surface area contributed by atoms with Crippen molar-refractivity contribution in [2.24, 2.45) is 0 Å². The Hall–Kier alpha value is -3.46. The third-order valence-corrected chi connectivity index (χ3v) is 4.98. The van der Waals surface area contributed by atoms with Gasteiger partial charge in [0.1, 0.15) is 23.4 Å². The van der Waals surface area contributed by atoms with Crippen molar-refractivity contribution in [3.63, 3.8) is 0 Å². The van der Waals surface area contributed by atoms with Gasteiger partial charge in [0.05, 0.1) is 33.1 Å². The Labute approximate surface area is 172 Å². The van der Waals surface area contributed by atoms with Crippen molar-refractivity contribution < 1.29 is 23.4 Å². The molecule has 0 radical (unpaired) electrons. The van der Waals surface area contributed by atoms with E-state index in [0.717, 1.165) is 11.1 Å². The van der Waals surface area contributed by atoms with E-state index in [9.17, 15) is 9.18 Å². The maximum Gasteiger partial charge on any atom is 0.274 e. The number of hydrogen-bond acceptors (Lipinski definition) is 6. The monoisotopic (exact) mass is 412 g/mol. The Balaban J connectivity index is 1.45. The highest BCUT2D eigenvalue weighted by molar-refractivity contribution is 5.93. The first-order chi connectivity index (χ1) is 14.6. The molecule has 1 aliphatic heterocycles. The number of aromatic nitrogens is 3. The number of nitrogens with zero attached hydrogens (tertiary/aromatic N) is 3. The highest BCUT2D eigenvalue weighted by atomic mass is 19.1. The van der Waals surface area contributed by atoms with Gasteiger partial charge in [0.25, 0.3) is 5.91 Å². The lowest BCUT2D eigenvalue weighted by Gasteiger charge is -2.24. The van der Waals surface area contributed by atoms with E-state index in [-0.39, 0.29) is 36.7 Å². The highest BCUT2D eigenvalue weighted by Gasteiger charge is 2.27. The summed E-state index contributed by atoms with van der Waals surface area (Å²) in [5.74, 6) is 0.653. The second-order valence-corrected chi connectivity index (χ2v) is 6.78. The lowest BCUT2D eigenvalue weighted by molar-refractivity contribution is -0.00180. The van der Waals surface area contributed by atoms with Gasteiger partial charge in [0.15, 0.2) is 5.69 Å². The van der Waals surface area contributed by atoms with Crippen LogP contribution in [-0.2, 0) is 24.4 Å². The molecule has 0 saturated heterocycles. The van der Waals surface area contributed by atoms with Gasteiger partial charge in [-0.25, -0.2) is 9.07 Å². The van der Waals surface area contributed by atoms with E-state index in [4.69, 9.17) is 14.2 Å². The minimum atomic E-state index is -0.357. The predicted octanol–water partition coefficient (Wildman–Crippen LogP) is 2.64. The molecule has 2 aromatic carbocycles. The van der Waals surface area contributed by atoms with Crippen molar-refractivity contribution in [2.45, 2.75) is 25.8 Å². The highest BCUT2D eigenvalue weighted by Crippen LogP contribution is 2.27. The molecule has 2 heterocycles. The van der Waals surface area contributed by atoms with Gasteiger partial charge in [-0.05, 0) is 35.9 Å². The second-order valence-electron chi connectivity index (χ2n) is 6.78. The molecule has 8 nitrogen and oxygen atoms in total. The van der Waals surface area contributed by atoms with Gasteiger partial charge in [-0.15, -0.1) is 5.10 Å². The summed E-state index contributed by atoms with van der Waals surface area (Å²) in [7, 11) is 3.14. The number of carbonyl (C=O) groups is 1. The van der Waals surface area contributed by atoms with Gasteiger partial charge < -0.3 is 19.5 Å². The standard InChI is InChI=1S/C21H21FN4O4/c1-28-16-7-8-18(29-2)14(9-16)10-23-21(27)20-17-12-30-19(11-26(17)25-24-20)13-3-5-15(22)6-4-13/h3-9,19H,10-12H2,1-2H3,(H,23,27). The maximum atomic E-state index is 13.1. The van der Waals surface area contributed by atoms with Gasteiger partial charge in [-0.2, -0.15) is 0 Å². The van der Waals surface area contributed by atoms with Crippen molar-refractivity contribution in [2.75, 3.05) is 14.2 Å². The molecular formula is C21H21FN4O4. The summed E-state index contributed by atoms with van der Waals surface area (Å²) >= 11 is 0. The molecule has 1 aliphatic rings. The van der Waals surface area contributed by atoms with E-state index in [1.54, 1.807) is 49.2 Å². The second kappa shape index (κ2) is 8.50. The third-order valence-electron chi connectivity index (χ3n) is 4.98. The molecule has 0 fully saturated rings. The summed E-state index contributed by atoms with van der Waals surface area (Å²) in [6.07, 6.45) is -0.281. The minimum Gasteiger partial charge on any atom is -0.497 e. The van der Waals surface area contributed by atoms with Crippen LogP contribution >= 0.6 is 0 Å². The summed E-state index contributed by atoms with van der Waals surface area (Å²) in [4.78, 5) is 12.7. The molecule has 0 aliphatic carbocycles. The lowest BCUT2D eigenvalue weighted by atomic mass is 10.1. The minimum absolute atomic E-state index is 0.181. The fraction of sp³-hybridized carbons (Fsp3) is 0.286. The zero-order valence-corrected chi connectivity index (χ0v) is 16.6. The fourth-order valence-electron chi connectivity index (χ4n) is 3.35. The topological polar surface area (TPSA) is 87.5 Å². The number of benzene rings is 2. The summed E-state index contributed by atoms with van der Waals surface area (Å²) < 4.78 is 31.2. The molecule has 30 heavy (non-hydrogen) atoms. The molecule has 0 bridgehead atoms. The number of rotatable bonds is 6. The number of ether oxygens (including phenoxy) is 3. The normalized spacial score (nSPS) is 15.4. The van der Waals surface area contributed by atoms with E-state index in [0.29, 0.717) is 23.7 Å². The lowest BCUT2D eigenvalue weighted by Crippen LogP contribution is -2.27. The zero-order valence-electron chi connectivity index (χ0n) is 16.6. The van der Waals surface area contributed by atoms with E-state index in [2.05, 4.69) is 15.6 Å². The van der Waals surface area contributed by atoms with Crippen molar-refractivity contribution in [3.8, 4) is 11.5 Å². The molecule has 156 valence electrons. The molecule has 4 rings (SSSR count). The number of nitrogens with one attached hydrogen (secondary N) is 1. The zero-order chi connectivity index (χ0) is 21.1. The molecule has 1 N–H and O–H groups in total. The van der Waals surface area contributed by atoms with Crippen LogP contribution in [0.5, 0.6) is 11.5 Å². The SMILES string of the molecule is COc1ccc(OC)c(CNC(=O)c2nnn3c2COC(c2ccc(F)cc2)C3)c1. The van der Waals surface area contributed by atoms with E-state index in [1.165, 1.54) is 12.1 Å². The molecule has 3 aromatic rings. The Bertz CT molecular complexity index is 1050. The van der Waals surface area contributed by atoms with E-state index < -0.39 is 0 Å². The van der Waals surface area contributed by atoms with Crippen LogP contribution < -0.4 is 14.8 Å². The molecule has 1 unspecified atom stereocenters. The molecule has 1 aromatic heterocycles. The van der Waals surface area contributed by atoms with Gasteiger partial charge in [-0.1, -0.05) is 17.3 Å².